The summed E-state index contributed by atoms with van der Waals surface area (Å²) < 4.78 is 0. The molecule has 0 N–H and O–H groups in total. The van der Waals surface area contributed by atoms with Gasteiger partial charge in [-0.25, -0.2) is 0 Å². The molecule has 0 amide bonds. The molecule has 0 spiro atoms. The molecule has 0 saturated heterocycles. The number of hydrogen-bond acceptors (Lipinski definition) is 1. The van der Waals surface area contributed by atoms with Crippen LogP contribution in [0.25, 0.3) is 0 Å². The molecule has 0 aromatic carbocycles. The summed E-state index contributed by atoms with van der Waals surface area (Å²) in [4.78, 5) is 3.06. The van der Waals surface area contributed by atoms with E-state index in [-0.39, 0.29) is 0 Å². The maximum atomic E-state index is 2.28. The third-order valence-corrected chi connectivity index (χ3v) is 2.90. The smallest absolute Gasteiger partial charge is 0.00790 e. The van der Waals surface area contributed by atoms with Crippen molar-refractivity contribution in [1.29, 1.82) is 0 Å². The molecule has 0 atom stereocenters. The van der Waals surface area contributed by atoms with Crippen molar-refractivity contribution in [3.63, 3.8) is 0 Å². The molecular weight excluding hydrogens is 128 g/mol. The maximum Gasteiger partial charge on any atom is 0.00790 e. The Morgan fingerprint density at radius 2 is 2.22 bits per heavy atom. The summed E-state index contributed by atoms with van der Waals surface area (Å²) in [5.74, 6) is 0.948. The first-order valence-electron chi connectivity index (χ1n) is 3.42. The molecule has 0 unspecified atom stereocenters. The first-order valence-corrected chi connectivity index (χ1v) is 4.24. The normalized spacial score (nSPS) is 18.3. The maximum absolute atomic E-state index is 2.28. The Morgan fingerprint density at radius 3 is 2.67 bits per heavy atom. The van der Waals surface area contributed by atoms with Gasteiger partial charge in [0.2, 0.25) is 0 Å². The molecule has 1 fully saturated rings. The van der Waals surface area contributed by atoms with E-state index in [2.05, 4.69) is 19.1 Å². The lowest BCUT2D eigenvalue weighted by Gasteiger charge is -1.83. The van der Waals surface area contributed by atoms with Gasteiger partial charge in [-0.15, -0.1) is 11.3 Å². The van der Waals surface area contributed by atoms with Crippen LogP contribution in [-0.2, 0) is 0 Å². The molecule has 1 saturated carbocycles. The Balaban J connectivity index is 2.28. The quantitative estimate of drug-likeness (QED) is 0.559. The Hall–Kier alpha value is -0.300. The van der Waals surface area contributed by atoms with Crippen LogP contribution in [0, 0.1) is 6.92 Å². The molecule has 1 aliphatic carbocycles. The van der Waals surface area contributed by atoms with E-state index in [1.807, 2.05) is 11.3 Å². The van der Waals surface area contributed by atoms with Crippen LogP contribution >= 0.6 is 11.3 Å². The van der Waals surface area contributed by atoms with Crippen LogP contribution in [0.5, 0.6) is 0 Å². The molecule has 0 bridgehead atoms. The predicted molar refractivity (Wildman–Crippen MR) is 41.0 cm³/mol. The zero-order valence-electron chi connectivity index (χ0n) is 5.55. The second-order valence-corrected chi connectivity index (χ2v) is 4.04. The van der Waals surface area contributed by atoms with Gasteiger partial charge in [-0.05, 0) is 37.8 Å². The highest BCUT2D eigenvalue weighted by Crippen LogP contribution is 2.42. The fourth-order valence-corrected chi connectivity index (χ4v) is 2.09. The van der Waals surface area contributed by atoms with Crippen molar-refractivity contribution in [2.45, 2.75) is 25.7 Å². The van der Waals surface area contributed by atoms with Crippen LogP contribution in [0.2, 0.25) is 0 Å². The molecule has 1 aliphatic rings. The molecule has 1 heterocycles. The Labute approximate surface area is 59.5 Å². The van der Waals surface area contributed by atoms with Crippen molar-refractivity contribution in [1.82, 2.24) is 0 Å². The van der Waals surface area contributed by atoms with Crippen molar-refractivity contribution in [2.75, 3.05) is 0 Å². The lowest BCUT2D eigenvalue weighted by atomic mass is 10.3. The molecule has 1 aromatic heterocycles. The van der Waals surface area contributed by atoms with Gasteiger partial charge in [0.25, 0.3) is 0 Å². The van der Waals surface area contributed by atoms with Gasteiger partial charge in [-0.2, -0.15) is 0 Å². The molecule has 1 heteroatoms. The zero-order chi connectivity index (χ0) is 6.27. The van der Waals surface area contributed by atoms with E-state index in [1.165, 1.54) is 17.7 Å². The highest BCUT2D eigenvalue weighted by molar-refractivity contribution is 7.12. The van der Waals surface area contributed by atoms with Crippen molar-refractivity contribution >= 4 is 11.3 Å². The third kappa shape index (κ3) is 1.01. The lowest BCUT2D eigenvalue weighted by molar-refractivity contribution is 1.18. The van der Waals surface area contributed by atoms with E-state index >= 15 is 0 Å². The first-order chi connectivity index (χ1) is 4.36. The second-order valence-electron chi connectivity index (χ2n) is 2.72. The van der Waals surface area contributed by atoms with E-state index in [0.717, 1.165) is 5.92 Å². The monoisotopic (exact) mass is 138 g/mol. The van der Waals surface area contributed by atoms with E-state index in [9.17, 15) is 0 Å². The second kappa shape index (κ2) is 1.84. The van der Waals surface area contributed by atoms with Gasteiger partial charge in [0, 0.05) is 9.75 Å². The molecular formula is C8H10S. The predicted octanol–water partition coefficient (Wildman–Crippen LogP) is 2.93. The van der Waals surface area contributed by atoms with Gasteiger partial charge in [0.05, 0.1) is 0 Å². The Morgan fingerprint density at radius 1 is 1.44 bits per heavy atom. The molecule has 9 heavy (non-hydrogen) atoms. The van der Waals surface area contributed by atoms with E-state index < -0.39 is 0 Å². The molecule has 2 rings (SSSR count). The van der Waals surface area contributed by atoms with Crippen molar-refractivity contribution in [2.24, 2.45) is 0 Å². The van der Waals surface area contributed by atoms with Crippen LogP contribution in [0.3, 0.4) is 0 Å². The topological polar surface area (TPSA) is 0 Å². The van der Waals surface area contributed by atoms with Crippen LogP contribution in [-0.4, -0.2) is 0 Å². The summed E-state index contributed by atoms with van der Waals surface area (Å²) in [6, 6.07) is 4.50. The van der Waals surface area contributed by atoms with Crippen LogP contribution < -0.4 is 0 Å². The first kappa shape index (κ1) is 5.48. The van der Waals surface area contributed by atoms with Gasteiger partial charge >= 0.3 is 0 Å². The van der Waals surface area contributed by atoms with Gasteiger partial charge < -0.3 is 0 Å². The molecule has 0 nitrogen and oxygen atoms in total. The zero-order valence-corrected chi connectivity index (χ0v) is 6.37. The van der Waals surface area contributed by atoms with Gasteiger partial charge in [0.1, 0.15) is 0 Å². The van der Waals surface area contributed by atoms with Crippen molar-refractivity contribution < 1.29 is 0 Å². The van der Waals surface area contributed by atoms with Gasteiger partial charge in [-0.3, -0.25) is 0 Å². The summed E-state index contributed by atoms with van der Waals surface area (Å²) >= 11 is 1.96. The summed E-state index contributed by atoms with van der Waals surface area (Å²) in [6.07, 6.45) is 2.86. The molecule has 48 valence electrons. The fraction of sp³-hybridized carbons (Fsp3) is 0.500. The van der Waals surface area contributed by atoms with E-state index in [4.69, 9.17) is 0 Å². The van der Waals surface area contributed by atoms with Crippen LogP contribution in [0.1, 0.15) is 28.5 Å². The number of hydrogen-bond donors (Lipinski definition) is 0. The lowest BCUT2D eigenvalue weighted by Crippen LogP contribution is -1.63. The summed E-state index contributed by atoms with van der Waals surface area (Å²) in [7, 11) is 0. The SMILES string of the molecule is Cc1ccc(C2CC2)s1. The highest BCUT2D eigenvalue weighted by atomic mass is 32.1. The Kier molecular flexibility index (Phi) is 1.12. The van der Waals surface area contributed by atoms with E-state index in [0.29, 0.717) is 0 Å². The average Bonchev–Trinajstić information content (AvgIpc) is 2.58. The minimum atomic E-state index is 0.948. The van der Waals surface area contributed by atoms with Crippen molar-refractivity contribution in [3.05, 3.63) is 21.9 Å². The summed E-state index contributed by atoms with van der Waals surface area (Å²) in [5.41, 5.74) is 0. The summed E-state index contributed by atoms with van der Waals surface area (Å²) in [6.45, 7) is 2.18. The fourth-order valence-electron chi connectivity index (χ4n) is 1.04. The van der Waals surface area contributed by atoms with Gasteiger partial charge in [-0.1, -0.05) is 0 Å². The molecule has 0 aliphatic heterocycles. The van der Waals surface area contributed by atoms with Crippen molar-refractivity contribution in [3.8, 4) is 0 Å². The number of rotatable bonds is 1. The highest BCUT2D eigenvalue weighted by Gasteiger charge is 2.24. The standard InChI is InChI=1S/C8H10S/c1-6-2-5-8(9-6)7-3-4-7/h2,5,7H,3-4H2,1H3. The number of aryl methyl sites for hydroxylation is 1. The van der Waals surface area contributed by atoms with E-state index in [1.54, 1.807) is 4.88 Å². The minimum Gasteiger partial charge on any atom is -0.145 e. The average molecular weight is 138 g/mol. The Bertz CT molecular complexity index is 208. The van der Waals surface area contributed by atoms with Gasteiger partial charge in [0.15, 0.2) is 0 Å². The summed E-state index contributed by atoms with van der Waals surface area (Å²) in [5, 5.41) is 0. The molecule has 0 radical (unpaired) electrons. The van der Waals surface area contributed by atoms with Crippen LogP contribution in [0.4, 0.5) is 0 Å². The minimum absolute atomic E-state index is 0.948. The number of thiophene rings is 1. The molecule has 1 aromatic rings. The third-order valence-electron chi connectivity index (χ3n) is 1.74. The van der Waals surface area contributed by atoms with Crippen LogP contribution in [0.15, 0.2) is 12.1 Å². The largest absolute Gasteiger partial charge is 0.145 e.